The molecule has 1 aromatic carbocycles. The highest BCUT2D eigenvalue weighted by atomic mass is 16.5. The average molecular weight is 386 g/mol. The number of anilines is 1. The van der Waals surface area contributed by atoms with Crippen molar-refractivity contribution in [1.82, 2.24) is 14.7 Å². The first kappa shape index (κ1) is 21.6. The first-order valence-corrected chi connectivity index (χ1v) is 9.33. The van der Waals surface area contributed by atoms with Gasteiger partial charge in [-0.2, -0.15) is 5.10 Å². The van der Waals surface area contributed by atoms with Crippen LogP contribution in [0.4, 0.5) is 5.82 Å². The highest BCUT2D eigenvalue weighted by Crippen LogP contribution is 2.26. The lowest BCUT2D eigenvalue weighted by Gasteiger charge is -2.20. The Labute approximate surface area is 166 Å². The number of nitrogens with zero attached hydrogens (tertiary/aromatic N) is 3. The summed E-state index contributed by atoms with van der Waals surface area (Å²) in [5.41, 5.74) is 2.67. The summed E-state index contributed by atoms with van der Waals surface area (Å²) in [6, 6.07) is 9.80. The van der Waals surface area contributed by atoms with Crippen molar-refractivity contribution in [2.45, 2.75) is 40.0 Å². The maximum atomic E-state index is 12.6. The minimum Gasteiger partial charge on any atom is -0.383 e. The Bertz CT molecular complexity index is 836. The van der Waals surface area contributed by atoms with E-state index in [0.29, 0.717) is 19.0 Å². The van der Waals surface area contributed by atoms with Crippen molar-refractivity contribution in [3.05, 3.63) is 41.6 Å². The topological polar surface area (TPSA) is 76.5 Å². The lowest BCUT2D eigenvalue weighted by Crippen LogP contribution is -2.38. The molecule has 28 heavy (non-hydrogen) atoms. The van der Waals surface area contributed by atoms with Crippen LogP contribution < -0.4 is 5.32 Å². The number of nitrogens with one attached hydrogen (secondary N) is 1. The molecule has 0 aliphatic carbocycles. The number of amides is 2. The van der Waals surface area contributed by atoms with E-state index in [0.717, 1.165) is 16.9 Å². The van der Waals surface area contributed by atoms with Gasteiger partial charge in [0.25, 0.3) is 0 Å². The van der Waals surface area contributed by atoms with Crippen molar-refractivity contribution in [3.8, 4) is 5.69 Å². The smallest absolute Gasteiger partial charge is 0.245 e. The summed E-state index contributed by atoms with van der Waals surface area (Å²) < 4.78 is 6.75. The van der Waals surface area contributed by atoms with Gasteiger partial charge in [0, 0.05) is 32.1 Å². The third-order valence-electron chi connectivity index (χ3n) is 4.34. The quantitative estimate of drug-likeness (QED) is 0.794. The predicted molar refractivity (Wildman–Crippen MR) is 110 cm³/mol. The van der Waals surface area contributed by atoms with E-state index in [1.54, 1.807) is 11.8 Å². The molecule has 0 saturated carbocycles. The van der Waals surface area contributed by atoms with Gasteiger partial charge in [-0.15, -0.1) is 0 Å². The molecule has 2 aromatic rings. The summed E-state index contributed by atoms with van der Waals surface area (Å²) in [6.07, 6.45) is 0. The Hall–Kier alpha value is -2.67. The predicted octanol–water partition coefficient (Wildman–Crippen LogP) is 2.91. The van der Waals surface area contributed by atoms with Crippen molar-refractivity contribution >= 4 is 17.6 Å². The molecule has 0 aliphatic rings. The molecule has 1 N–H and O–H groups in total. The van der Waals surface area contributed by atoms with E-state index in [4.69, 9.17) is 9.84 Å². The number of hydrogen-bond acceptors (Lipinski definition) is 4. The lowest BCUT2D eigenvalue weighted by atomic mass is 9.92. The first-order chi connectivity index (χ1) is 13.1. The SMILES string of the molecule is COCCN(CC(=O)Nc1cc(C(C)(C)C)nn1-c1cccc(C)c1)C(C)=O. The molecule has 1 aromatic heterocycles. The summed E-state index contributed by atoms with van der Waals surface area (Å²) in [4.78, 5) is 25.8. The van der Waals surface area contributed by atoms with Gasteiger partial charge < -0.3 is 15.0 Å². The number of ether oxygens (including phenoxy) is 1. The fraction of sp³-hybridized carbons (Fsp3) is 0.476. The Morgan fingerprint density at radius 1 is 1.25 bits per heavy atom. The van der Waals surface area contributed by atoms with Gasteiger partial charge in [-0.25, -0.2) is 4.68 Å². The zero-order chi connectivity index (χ0) is 20.9. The van der Waals surface area contributed by atoms with Crippen LogP contribution in [0.5, 0.6) is 0 Å². The number of carbonyl (C=O) groups excluding carboxylic acids is 2. The van der Waals surface area contributed by atoms with Crippen LogP contribution in [0.1, 0.15) is 39.0 Å². The number of methoxy groups -OCH3 is 1. The zero-order valence-electron chi connectivity index (χ0n) is 17.6. The minimum absolute atomic E-state index is 0.0391. The molecule has 7 nitrogen and oxygen atoms in total. The monoisotopic (exact) mass is 386 g/mol. The number of benzene rings is 1. The summed E-state index contributed by atoms with van der Waals surface area (Å²) in [5, 5.41) is 7.62. The molecular formula is C21H30N4O3. The molecule has 0 unspecified atom stereocenters. The third kappa shape index (κ3) is 5.66. The fourth-order valence-corrected chi connectivity index (χ4v) is 2.70. The molecular weight excluding hydrogens is 356 g/mol. The summed E-state index contributed by atoms with van der Waals surface area (Å²) in [5.74, 6) is 0.131. The summed E-state index contributed by atoms with van der Waals surface area (Å²) in [7, 11) is 1.56. The maximum absolute atomic E-state index is 12.6. The summed E-state index contributed by atoms with van der Waals surface area (Å²) in [6.45, 7) is 10.4. The average Bonchev–Trinajstić information content (AvgIpc) is 3.02. The molecule has 0 saturated heterocycles. The van der Waals surface area contributed by atoms with Crippen LogP contribution in [-0.2, 0) is 19.7 Å². The van der Waals surface area contributed by atoms with E-state index in [1.807, 2.05) is 37.3 Å². The van der Waals surface area contributed by atoms with Crippen LogP contribution in [0.3, 0.4) is 0 Å². The van der Waals surface area contributed by atoms with E-state index in [2.05, 4.69) is 26.1 Å². The van der Waals surface area contributed by atoms with Crippen LogP contribution >= 0.6 is 0 Å². The van der Waals surface area contributed by atoms with Crippen LogP contribution in [-0.4, -0.2) is 53.3 Å². The standard InChI is InChI=1S/C21H30N4O3/c1-15-8-7-9-17(12-15)25-19(13-18(23-25)21(3,4)5)22-20(27)14-24(16(2)26)10-11-28-6/h7-9,12-13H,10-11,14H2,1-6H3,(H,22,27). The second-order valence-electron chi connectivity index (χ2n) is 7.90. The lowest BCUT2D eigenvalue weighted by molar-refractivity contribution is -0.133. The Balaban J connectivity index is 2.29. The molecule has 0 radical (unpaired) electrons. The molecule has 152 valence electrons. The van der Waals surface area contributed by atoms with E-state index in [1.165, 1.54) is 11.8 Å². The highest BCUT2D eigenvalue weighted by molar-refractivity contribution is 5.94. The zero-order valence-corrected chi connectivity index (χ0v) is 17.6. The number of rotatable bonds is 7. The van der Waals surface area contributed by atoms with Crippen molar-refractivity contribution in [2.75, 3.05) is 32.1 Å². The first-order valence-electron chi connectivity index (χ1n) is 9.33. The molecule has 0 bridgehead atoms. The van der Waals surface area contributed by atoms with Gasteiger partial charge in [-0.1, -0.05) is 32.9 Å². The highest BCUT2D eigenvalue weighted by Gasteiger charge is 2.22. The van der Waals surface area contributed by atoms with Crippen molar-refractivity contribution in [2.24, 2.45) is 0 Å². The second kappa shape index (κ2) is 9.01. The maximum Gasteiger partial charge on any atom is 0.245 e. The van der Waals surface area contributed by atoms with Gasteiger partial charge in [0.1, 0.15) is 5.82 Å². The number of aryl methyl sites for hydroxylation is 1. The van der Waals surface area contributed by atoms with Gasteiger partial charge in [0.15, 0.2) is 0 Å². The number of hydrogen-bond donors (Lipinski definition) is 1. The molecule has 0 aliphatic heterocycles. The Morgan fingerprint density at radius 2 is 1.96 bits per heavy atom. The molecule has 0 atom stereocenters. The van der Waals surface area contributed by atoms with Crippen molar-refractivity contribution in [1.29, 1.82) is 0 Å². The van der Waals surface area contributed by atoms with Crippen molar-refractivity contribution < 1.29 is 14.3 Å². The largest absolute Gasteiger partial charge is 0.383 e. The van der Waals surface area contributed by atoms with Gasteiger partial charge in [0.2, 0.25) is 11.8 Å². The molecule has 0 fully saturated rings. The normalized spacial score (nSPS) is 11.4. The minimum atomic E-state index is -0.277. The van der Waals surface area contributed by atoms with Crippen LogP contribution in [0.2, 0.25) is 0 Å². The van der Waals surface area contributed by atoms with E-state index < -0.39 is 0 Å². The van der Waals surface area contributed by atoms with E-state index in [-0.39, 0.29) is 23.8 Å². The van der Waals surface area contributed by atoms with Gasteiger partial charge >= 0.3 is 0 Å². The second-order valence-corrected chi connectivity index (χ2v) is 7.90. The molecule has 2 rings (SSSR count). The Kier molecular flexibility index (Phi) is 6.96. The van der Waals surface area contributed by atoms with E-state index >= 15 is 0 Å². The number of aromatic nitrogens is 2. The molecule has 0 spiro atoms. The van der Waals surface area contributed by atoms with Crippen LogP contribution in [0, 0.1) is 6.92 Å². The third-order valence-corrected chi connectivity index (χ3v) is 4.34. The van der Waals surface area contributed by atoms with Crippen LogP contribution in [0.25, 0.3) is 5.69 Å². The van der Waals surface area contributed by atoms with E-state index in [9.17, 15) is 9.59 Å². The summed E-state index contributed by atoms with van der Waals surface area (Å²) >= 11 is 0. The molecule has 1 heterocycles. The molecule has 7 heteroatoms. The van der Waals surface area contributed by atoms with Gasteiger partial charge in [-0.05, 0) is 24.6 Å². The van der Waals surface area contributed by atoms with Crippen molar-refractivity contribution in [3.63, 3.8) is 0 Å². The van der Waals surface area contributed by atoms with Gasteiger partial charge in [-0.3, -0.25) is 9.59 Å². The van der Waals surface area contributed by atoms with Crippen LogP contribution in [0.15, 0.2) is 30.3 Å². The Morgan fingerprint density at radius 3 is 2.54 bits per heavy atom. The fourth-order valence-electron chi connectivity index (χ4n) is 2.70. The van der Waals surface area contributed by atoms with Gasteiger partial charge in [0.05, 0.1) is 24.5 Å². The number of carbonyl (C=O) groups is 2. The molecule has 2 amide bonds.